The van der Waals surface area contributed by atoms with Gasteiger partial charge in [0.15, 0.2) is 0 Å². The summed E-state index contributed by atoms with van der Waals surface area (Å²) in [6, 6.07) is 3.80. The van der Waals surface area contributed by atoms with Crippen molar-refractivity contribution in [3.05, 3.63) is 18.3 Å². The Labute approximate surface area is 168 Å². The Kier molecular flexibility index (Phi) is 10.1. The number of amides is 1. The van der Waals surface area contributed by atoms with Gasteiger partial charge in [0.05, 0.1) is 7.11 Å². The molecule has 2 saturated heterocycles. The fourth-order valence-electron chi connectivity index (χ4n) is 3.54. The molecular weight excluding hydrogens is 375 g/mol. The zero-order chi connectivity index (χ0) is 16.8. The number of halogens is 2. The fourth-order valence-corrected chi connectivity index (χ4v) is 3.54. The molecule has 0 unspecified atom stereocenters. The Bertz CT molecular complexity index is 548. The highest BCUT2D eigenvalue weighted by atomic mass is 35.5. The lowest BCUT2D eigenvalue weighted by Crippen LogP contribution is -2.49. The molecule has 26 heavy (non-hydrogen) atoms. The Hall–Kier alpha value is -1.24. The summed E-state index contributed by atoms with van der Waals surface area (Å²) in [4.78, 5) is 21.1. The smallest absolute Gasteiger partial charge is 0.222 e. The van der Waals surface area contributed by atoms with Crippen LogP contribution in [-0.4, -0.2) is 62.2 Å². The van der Waals surface area contributed by atoms with Gasteiger partial charge >= 0.3 is 0 Å². The Morgan fingerprint density at radius 2 is 1.92 bits per heavy atom. The molecule has 1 N–H and O–H groups in total. The third-order valence-electron chi connectivity index (χ3n) is 5.13. The van der Waals surface area contributed by atoms with E-state index in [1.807, 2.05) is 17.0 Å². The van der Waals surface area contributed by atoms with Crippen LogP contribution in [0, 0.1) is 5.92 Å². The van der Waals surface area contributed by atoms with Gasteiger partial charge in [0.1, 0.15) is 11.6 Å². The highest BCUT2D eigenvalue weighted by Crippen LogP contribution is 2.21. The van der Waals surface area contributed by atoms with E-state index >= 15 is 0 Å². The van der Waals surface area contributed by atoms with Gasteiger partial charge in [-0.05, 0) is 44.3 Å². The van der Waals surface area contributed by atoms with E-state index in [1.165, 1.54) is 12.8 Å². The number of piperidine rings is 1. The van der Waals surface area contributed by atoms with Crippen molar-refractivity contribution >= 4 is 36.5 Å². The van der Waals surface area contributed by atoms with Crippen LogP contribution >= 0.6 is 24.8 Å². The van der Waals surface area contributed by atoms with E-state index in [4.69, 9.17) is 4.74 Å². The number of nitrogens with one attached hydrogen (secondary N) is 1. The number of aromatic nitrogens is 1. The molecule has 0 saturated carbocycles. The van der Waals surface area contributed by atoms with Crippen LogP contribution in [0.3, 0.4) is 0 Å². The number of rotatable bonds is 5. The van der Waals surface area contributed by atoms with E-state index in [1.54, 1.807) is 13.3 Å². The van der Waals surface area contributed by atoms with Crippen molar-refractivity contribution in [2.45, 2.75) is 25.7 Å². The molecule has 0 radical (unpaired) electrons. The van der Waals surface area contributed by atoms with E-state index in [0.29, 0.717) is 12.3 Å². The lowest BCUT2D eigenvalue weighted by molar-refractivity contribution is -0.131. The van der Waals surface area contributed by atoms with Gasteiger partial charge in [-0.25, -0.2) is 4.98 Å². The number of pyridine rings is 1. The summed E-state index contributed by atoms with van der Waals surface area (Å²) in [5.74, 6) is 2.78. The molecule has 2 fully saturated rings. The van der Waals surface area contributed by atoms with Crippen LogP contribution in [0.25, 0.3) is 0 Å². The second-order valence-corrected chi connectivity index (χ2v) is 6.65. The first-order valence-corrected chi connectivity index (χ1v) is 9.00. The van der Waals surface area contributed by atoms with E-state index in [2.05, 4.69) is 15.2 Å². The number of carbonyl (C=O) groups is 1. The van der Waals surface area contributed by atoms with Gasteiger partial charge in [-0.3, -0.25) is 4.79 Å². The number of anilines is 1. The molecule has 1 aromatic heterocycles. The molecule has 8 heteroatoms. The highest BCUT2D eigenvalue weighted by molar-refractivity contribution is 5.85. The van der Waals surface area contributed by atoms with Crippen molar-refractivity contribution in [3.63, 3.8) is 0 Å². The number of nitrogens with zero attached hydrogens (tertiary/aromatic N) is 3. The van der Waals surface area contributed by atoms with Crippen LogP contribution in [0.5, 0.6) is 5.75 Å². The van der Waals surface area contributed by atoms with Gasteiger partial charge in [-0.2, -0.15) is 0 Å². The summed E-state index contributed by atoms with van der Waals surface area (Å²) in [6.07, 6.45) is 5.93. The van der Waals surface area contributed by atoms with Crippen molar-refractivity contribution in [2.24, 2.45) is 5.92 Å². The molecule has 2 aliphatic rings. The predicted octanol–water partition coefficient (Wildman–Crippen LogP) is 2.36. The molecule has 3 rings (SSSR count). The number of methoxy groups -OCH3 is 1. The minimum absolute atomic E-state index is 0. The minimum atomic E-state index is 0. The molecule has 0 aliphatic carbocycles. The van der Waals surface area contributed by atoms with Gasteiger partial charge in [0, 0.05) is 44.9 Å². The maximum Gasteiger partial charge on any atom is 0.222 e. The standard InChI is InChI=1S/C18H28N4O2.2ClH/c1-24-16-6-9-20-17(14-16)21-10-12-22(13-11-21)18(23)3-2-15-4-7-19-8-5-15;;/h6,9,14-15,19H,2-5,7-8,10-13H2,1H3;2*1H. The zero-order valence-corrected chi connectivity index (χ0v) is 17.0. The van der Waals surface area contributed by atoms with Crippen LogP contribution in [-0.2, 0) is 4.79 Å². The number of piperazine rings is 1. The lowest BCUT2D eigenvalue weighted by Gasteiger charge is -2.35. The zero-order valence-electron chi connectivity index (χ0n) is 15.4. The summed E-state index contributed by atoms with van der Waals surface area (Å²) >= 11 is 0. The van der Waals surface area contributed by atoms with Gasteiger partial charge in [0.25, 0.3) is 0 Å². The first-order chi connectivity index (χ1) is 11.8. The molecular formula is C18H30Cl2N4O2. The number of hydrogen-bond acceptors (Lipinski definition) is 5. The topological polar surface area (TPSA) is 57.7 Å². The van der Waals surface area contributed by atoms with Gasteiger partial charge in [-0.15, -0.1) is 24.8 Å². The lowest BCUT2D eigenvalue weighted by atomic mass is 9.93. The molecule has 0 aromatic carbocycles. The molecule has 6 nitrogen and oxygen atoms in total. The van der Waals surface area contributed by atoms with Gasteiger partial charge in [0.2, 0.25) is 5.91 Å². The van der Waals surface area contributed by atoms with E-state index in [-0.39, 0.29) is 24.8 Å². The van der Waals surface area contributed by atoms with Gasteiger partial charge < -0.3 is 19.9 Å². The average Bonchev–Trinajstić information content (AvgIpc) is 2.67. The highest BCUT2D eigenvalue weighted by Gasteiger charge is 2.23. The maximum absolute atomic E-state index is 12.4. The Morgan fingerprint density at radius 3 is 2.58 bits per heavy atom. The van der Waals surface area contributed by atoms with Crippen LogP contribution < -0.4 is 15.0 Å². The molecule has 3 heterocycles. The summed E-state index contributed by atoms with van der Waals surface area (Å²) < 4.78 is 5.26. The van der Waals surface area contributed by atoms with Crippen LogP contribution in [0.2, 0.25) is 0 Å². The minimum Gasteiger partial charge on any atom is -0.497 e. The van der Waals surface area contributed by atoms with E-state index in [0.717, 1.165) is 63.2 Å². The molecule has 2 aliphatic heterocycles. The van der Waals surface area contributed by atoms with Crippen molar-refractivity contribution in [1.82, 2.24) is 15.2 Å². The number of carbonyl (C=O) groups excluding carboxylic acids is 1. The summed E-state index contributed by atoms with van der Waals surface area (Å²) in [7, 11) is 1.66. The quantitative estimate of drug-likeness (QED) is 0.815. The second kappa shape index (κ2) is 11.5. The Morgan fingerprint density at radius 1 is 1.23 bits per heavy atom. The number of hydrogen-bond donors (Lipinski definition) is 1. The molecule has 0 atom stereocenters. The third kappa shape index (κ3) is 6.18. The summed E-state index contributed by atoms with van der Waals surface area (Å²) in [5.41, 5.74) is 0. The predicted molar refractivity (Wildman–Crippen MR) is 109 cm³/mol. The van der Waals surface area contributed by atoms with Gasteiger partial charge in [-0.1, -0.05) is 0 Å². The third-order valence-corrected chi connectivity index (χ3v) is 5.13. The number of ether oxygens (including phenoxy) is 1. The summed E-state index contributed by atoms with van der Waals surface area (Å²) in [6.45, 7) is 5.43. The first-order valence-electron chi connectivity index (χ1n) is 9.00. The van der Waals surface area contributed by atoms with E-state index < -0.39 is 0 Å². The normalized spacial score (nSPS) is 17.9. The molecule has 148 valence electrons. The van der Waals surface area contributed by atoms with Crippen molar-refractivity contribution < 1.29 is 9.53 Å². The first kappa shape index (κ1) is 22.8. The fraction of sp³-hybridized carbons (Fsp3) is 0.667. The molecule has 1 amide bonds. The van der Waals surface area contributed by atoms with Crippen LogP contribution in [0.4, 0.5) is 5.82 Å². The Balaban J connectivity index is 0.00000169. The SMILES string of the molecule is COc1ccnc(N2CCN(C(=O)CCC3CCNCC3)CC2)c1.Cl.Cl. The average molecular weight is 405 g/mol. The maximum atomic E-state index is 12.4. The second-order valence-electron chi connectivity index (χ2n) is 6.65. The van der Waals surface area contributed by atoms with Crippen molar-refractivity contribution in [2.75, 3.05) is 51.3 Å². The van der Waals surface area contributed by atoms with Crippen LogP contribution in [0.15, 0.2) is 18.3 Å². The van der Waals surface area contributed by atoms with Crippen LogP contribution in [0.1, 0.15) is 25.7 Å². The monoisotopic (exact) mass is 404 g/mol. The van der Waals surface area contributed by atoms with E-state index in [9.17, 15) is 4.79 Å². The molecule has 0 spiro atoms. The molecule has 1 aromatic rings. The summed E-state index contributed by atoms with van der Waals surface area (Å²) in [5, 5.41) is 3.38. The largest absolute Gasteiger partial charge is 0.497 e. The van der Waals surface area contributed by atoms with Crippen molar-refractivity contribution in [3.8, 4) is 5.75 Å². The molecule has 0 bridgehead atoms. The van der Waals surface area contributed by atoms with Crippen molar-refractivity contribution in [1.29, 1.82) is 0 Å².